The van der Waals surface area contributed by atoms with E-state index in [9.17, 15) is 23.1 Å². The number of para-hydroxylation sites is 1. The summed E-state index contributed by atoms with van der Waals surface area (Å²) < 4.78 is 28.4. The third-order valence-electron chi connectivity index (χ3n) is 5.86. The van der Waals surface area contributed by atoms with Crippen LogP contribution in [0.15, 0.2) is 53.4 Å². The van der Waals surface area contributed by atoms with Gasteiger partial charge in [-0.05, 0) is 55.2 Å². The van der Waals surface area contributed by atoms with Crippen molar-refractivity contribution in [3.63, 3.8) is 0 Å². The molecule has 9 heteroatoms. The highest BCUT2D eigenvalue weighted by Gasteiger charge is 2.53. The Balaban J connectivity index is 1.64. The van der Waals surface area contributed by atoms with Gasteiger partial charge in [0, 0.05) is 16.8 Å². The van der Waals surface area contributed by atoms with Crippen LogP contribution in [0.5, 0.6) is 0 Å². The largest absolute Gasteiger partial charge is 0.480 e. The molecule has 2 aromatic carbocycles. The second-order valence-corrected chi connectivity index (χ2v) is 9.90. The first-order valence-electron chi connectivity index (χ1n) is 9.64. The monoisotopic (exact) mass is 448 g/mol. The molecule has 1 spiro atoms. The summed E-state index contributed by atoms with van der Waals surface area (Å²) in [7, 11) is -3.78. The summed E-state index contributed by atoms with van der Waals surface area (Å²) >= 11 is 5.85. The van der Waals surface area contributed by atoms with Gasteiger partial charge < -0.3 is 10.0 Å². The summed E-state index contributed by atoms with van der Waals surface area (Å²) in [6.45, 7) is -0.418. The maximum atomic E-state index is 13.4. The van der Waals surface area contributed by atoms with Crippen LogP contribution < -0.4 is 9.62 Å². The highest BCUT2D eigenvalue weighted by molar-refractivity contribution is 7.89. The molecular formula is C21H21ClN2O5S. The van der Waals surface area contributed by atoms with Gasteiger partial charge in [-0.1, -0.05) is 36.2 Å². The van der Waals surface area contributed by atoms with Crippen LogP contribution in [-0.4, -0.2) is 38.0 Å². The number of aliphatic carboxylic acids is 1. The van der Waals surface area contributed by atoms with Gasteiger partial charge in [0.15, 0.2) is 0 Å². The smallest absolute Gasteiger partial charge is 0.323 e. The Kier molecular flexibility index (Phi) is 5.34. The number of anilines is 1. The van der Waals surface area contributed by atoms with Crippen LogP contribution in [0.25, 0.3) is 0 Å². The van der Waals surface area contributed by atoms with E-state index in [4.69, 9.17) is 11.6 Å². The van der Waals surface area contributed by atoms with Gasteiger partial charge in [-0.15, -0.1) is 0 Å². The Morgan fingerprint density at radius 3 is 2.60 bits per heavy atom. The van der Waals surface area contributed by atoms with E-state index in [2.05, 4.69) is 4.72 Å². The lowest BCUT2D eigenvalue weighted by molar-refractivity contribution is -0.137. The van der Waals surface area contributed by atoms with Crippen molar-refractivity contribution in [2.45, 2.75) is 42.0 Å². The third-order valence-corrected chi connectivity index (χ3v) is 7.64. The molecule has 0 aromatic heterocycles. The number of carboxylic acid groups (broad SMARTS) is 1. The quantitative estimate of drug-likeness (QED) is 0.731. The molecule has 2 aliphatic rings. The lowest BCUT2D eigenvalue weighted by atomic mass is 9.68. The highest BCUT2D eigenvalue weighted by Crippen LogP contribution is 2.50. The number of hydrogen-bond acceptors (Lipinski definition) is 4. The van der Waals surface area contributed by atoms with E-state index < -0.39 is 34.0 Å². The lowest BCUT2D eigenvalue weighted by Crippen LogP contribution is -2.49. The number of amides is 1. The zero-order valence-corrected chi connectivity index (χ0v) is 17.6. The molecule has 1 aliphatic carbocycles. The summed E-state index contributed by atoms with van der Waals surface area (Å²) in [5, 5.41) is 9.70. The number of rotatable bonds is 5. The van der Waals surface area contributed by atoms with Gasteiger partial charge in [0.2, 0.25) is 15.9 Å². The van der Waals surface area contributed by atoms with Crippen molar-refractivity contribution in [1.29, 1.82) is 0 Å². The Morgan fingerprint density at radius 2 is 1.90 bits per heavy atom. The molecule has 2 aromatic rings. The number of fused-ring (bicyclic) bond motifs is 2. The molecule has 0 saturated heterocycles. The van der Waals surface area contributed by atoms with E-state index in [0.29, 0.717) is 30.0 Å². The number of carboxylic acids is 1. The number of benzene rings is 2. The first-order valence-corrected chi connectivity index (χ1v) is 11.5. The maximum absolute atomic E-state index is 13.4. The Morgan fingerprint density at radius 1 is 1.20 bits per heavy atom. The van der Waals surface area contributed by atoms with Crippen LogP contribution in [-0.2, 0) is 25.0 Å². The molecular weight excluding hydrogens is 428 g/mol. The molecule has 0 bridgehead atoms. The number of hydrogen-bond donors (Lipinski definition) is 2. The number of sulfonamides is 1. The van der Waals surface area contributed by atoms with E-state index in [1.54, 1.807) is 12.1 Å². The van der Waals surface area contributed by atoms with Crippen molar-refractivity contribution in [2.24, 2.45) is 0 Å². The predicted molar refractivity (Wildman–Crippen MR) is 112 cm³/mol. The Labute approximate surface area is 179 Å². The molecule has 1 amide bonds. The van der Waals surface area contributed by atoms with E-state index in [0.717, 1.165) is 5.56 Å². The molecule has 4 rings (SSSR count). The number of nitrogens with one attached hydrogen (secondary N) is 1. The van der Waals surface area contributed by atoms with Gasteiger partial charge in [0.05, 0.1) is 10.3 Å². The van der Waals surface area contributed by atoms with Crippen LogP contribution in [0, 0.1) is 0 Å². The van der Waals surface area contributed by atoms with Crippen molar-refractivity contribution in [3.05, 3.63) is 59.1 Å². The standard InChI is InChI=1S/C21H21ClN2O5S/c22-14-7-9-16(10-8-14)30(28,29)23-15-4-3-11-21(12-15)17-5-1-2-6-18(17)24(20(21)27)13-19(25)26/h1-2,5-10,15,23H,3-4,11-13H2,(H,25,26). The average Bonchev–Trinajstić information content (AvgIpc) is 2.91. The van der Waals surface area contributed by atoms with Crippen molar-refractivity contribution < 1.29 is 23.1 Å². The lowest BCUT2D eigenvalue weighted by Gasteiger charge is -2.37. The van der Waals surface area contributed by atoms with Gasteiger partial charge in [-0.25, -0.2) is 13.1 Å². The van der Waals surface area contributed by atoms with Crippen LogP contribution in [0.1, 0.15) is 31.2 Å². The fourth-order valence-corrected chi connectivity index (χ4v) is 6.00. The molecule has 2 atom stereocenters. The number of carbonyl (C=O) groups is 2. The first kappa shape index (κ1) is 20.8. The van der Waals surface area contributed by atoms with E-state index in [1.807, 2.05) is 12.1 Å². The normalized spacial score (nSPS) is 23.6. The van der Waals surface area contributed by atoms with Gasteiger partial charge in [0.25, 0.3) is 0 Å². The van der Waals surface area contributed by atoms with Crippen LogP contribution in [0.2, 0.25) is 5.02 Å². The highest BCUT2D eigenvalue weighted by atomic mass is 35.5. The minimum atomic E-state index is -3.78. The fourth-order valence-electron chi connectivity index (χ4n) is 4.60. The average molecular weight is 449 g/mol. The number of halogens is 1. The molecule has 30 heavy (non-hydrogen) atoms. The van der Waals surface area contributed by atoms with Gasteiger partial charge >= 0.3 is 5.97 Å². The van der Waals surface area contributed by atoms with Crippen LogP contribution in [0.3, 0.4) is 0 Å². The molecule has 1 fully saturated rings. The molecule has 158 valence electrons. The Hall–Kier alpha value is -2.42. The van der Waals surface area contributed by atoms with Crippen molar-refractivity contribution in [1.82, 2.24) is 4.72 Å². The zero-order valence-electron chi connectivity index (χ0n) is 16.0. The number of carbonyl (C=O) groups excluding carboxylic acids is 1. The first-order chi connectivity index (χ1) is 14.2. The molecule has 7 nitrogen and oxygen atoms in total. The zero-order chi connectivity index (χ0) is 21.5. The second-order valence-electron chi connectivity index (χ2n) is 7.75. The molecule has 0 radical (unpaired) electrons. The summed E-state index contributed by atoms with van der Waals surface area (Å²) in [5.41, 5.74) is 0.440. The predicted octanol–water partition coefficient (Wildman–Crippen LogP) is 2.93. The van der Waals surface area contributed by atoms with Gasteiger partial charge in [0.1, 0.15) is 6.54 Å². The van der Waals surface area contributed by atoms with Crippen molar-refractivity contribution in [3.8, 4) is 0 Å². The Bertz CT molecular complexity index is 1100. The van der Waals surface area contributed by atoms with E-state index >= 15 is 0 Å². The topological polar surface area (TPSA) is 104 Å². The molecule has 1 heterocycles. The van der Waals surface area contributed by atoms with E-state index in [1.165, 1.54) is 29.2 Å². The summed E-state index contributed by atoms with van der Waals surface area (Å²) in [5.74, 6) is -1.37. The third kappa shape index (κ3) is 3.59. The maximum Gasteiger partial charge on any atom is 0.323 e. The summed E-state index contributed by atoms with van der Waals surface area (Å²) in [6, 6.07) is 12.6. The molecule has 1 saturated carbocycles. The van der Waals surface area contributed by atoms with E-state index in [-0.39, 0.29) is 17.2 Å². The molecule has 2 N–H and O–H groups in total. The summed E-state index contributed by atoms with van der Waals surface area (Å²) in [6.07, 6.45) is 2.08. The SMILES string of the molecule is O=C(O)CN1C(=O)C2(CCCC(NS(=O)(=O)c3ccc(Cl)cc3)C2)c2ccccc21. The van der Waals surface area contributed by atoms with Crippen molar-refractivity contribution >= 4 is 39.2 Å². The molecule has 2 unspecified atom stereocenters. The number of nitrogens with zero attached hydrogens (tertiary/aromatic N) is 1. The van der Waals surface area contributed by atoms with Gasteiger partial charge in [-0.2, -0.15) is 0 Å². The summed E-state index contributed by atoms with van der Waals surface area (Å²) in [4.78, 5) is 26.1. The van der Waals surface area contributed by atoms with Crippen LogP contribution >= 0.6 is 11.6 Å². The minimum Gasteiger partial charge on any atom is -0.480 e. The fraction of sp³-hybridized carbons (Fsp3) is 0.333. The van der Waals surface area contributed by atoms with Crippen LogP contribution in [0.4, 0.5) is 5.69 Å². The van der Waals surface area contributed by atoms with Gasteiger partial charge in [-0.3, -0.25) is 9.59 Å². The van der Waals surface area contributed by atoms with Crippen molar-refractivity contribution in [2.75, 3.05) is 11.4 Å². The minimum absolute atomic E-state index is 0.108. The second kappa shape index (κ2) is 7.68. The molecule has 1 aliphatic heterocycles.